The monoisotopic (exact) mass is 371 g/mol. The molecule has 23 heavy (non-hydrogen) atoms. The molecule has 2 N–H and O–H groups in total. The van der Waals surface area contributed by atoms with E-state index in [0.717, 1.165) is 0 Å². The van der Waals surface area contributed by atoms with Crippen LogP contribution < -0.4 is 10.7 Å². The largest absolute Gasteiger partial charge is 0.353 e. The molecule has 1 aromatic carbocycles. The van der Waals surface area contributed by atoms with Crippen molar-refractivity contribution in [1.82, 2.24) is 9.97 Å². The number of hydrogen-bond donors (Lipinski definition) is 2. The van der Waals surface area contributed by atoms with Crippen molar-refractivity contribution < 1.29 is 9.18 Å². The molecule has 0 spiro atoms. The molecule has 0 unspecified atom stereocenters. The Balaban J connectivity index is 2.22. The van der Waals surface area contributed by atoms with Crippen molar-refractivity contribution in [2.24, 2.45) is 0 Å². The van der Waals surface area contributed by atoms with Crippen molar-refractivity contribution in [3.63, 3.8) is 0 Å². The van der Waals surface area contributed by atoms with Gasteiger partial charge in [-0.25, -0.2) is 9.37 Å². The Morgan fingerprint density at radius 2 is 2.17 bits per heavy atom. The van der Waals surface area contributed by atoms with E-state index < -0.39 is 22.0 Å². The summed E-state index contributed by atoms with van der Waals surface area (Å²) < 4.78 is 13.9. The van der Waals surface area contributed by atoms with Crippen LogP contribution in [0.15, 0.2) is 34.6 Å². The number of hydrogen-bond acceptors (Lipinski definition) is 4. The molecule has 0 aliphatic carbocycles. The molecule has 0 atom stereocenters. The summed E-state index contributed by atoms with van der Waals surface area (Å²) in [6, 6.07) is 3.99. The second kappa shape index (κ2) is 6.27. The van der Waals surface area contributed by atoms with E-state index in [1.807, 2.05) is 0 Å². The van der Waals surface area contributed by atoms with Crippen molar-refractivity contribution >= 4 is 56.5 Å². The number of anilines is 1. The van der Waals surface area contributed by atoms with Gasteiger partial charge in [0.05, 0.1) is 11.2 Å². The lowest BCUT2D eigenvalue weighted by Gasteiger charge is -2.11. The molecule has 0 saturated heterocycles. The fourth-order valence-corrected chi connectivity index (χ4v) is 2.98. The quantitative estimate of drug-likeness (QED) is 0.686. The predicted octanol–water partition coefficient (Wildman–Crippen LogP) is 3.85. The van der Waals surface area contributed by atoms with E-state index in [4.69, 9.17) is 23.2 Å². The molecule has 0 radical (unpaired) electrons. The van der Waals surface area contributed by atoms with Crippen molar-refractivity contribution in [1.29, 1.82) is 0 Å². The van der Waals surface area contributed by atoms with Crippen molar-refractivity contribution in [2.75, 3.05) is 5.32 Å². The third-order valence-electron chi connectivity index (χ3n) is 3.11. The van der Waals surface area contributed by atoms with Gasteiger partial charge < -0.3 is 4.98 Å². The molecule has 0 saturated carbocycles. The SMILES string of the molecule is O=C(Nc1nccs1)c1c(C(Cl)Cl)[nH]c2c(F)cccc2c1=O. The number of para-hydroxylation sites is 1. The van der Waals surface area contributed by atoms with Crippen molar-refractivity contribution in [3.05, 3.63) is 57.1 Å². The molecule has 9 heteroatoms. The highest BCUT2D eigenvalue weighted by molar-refractivity contribution is 7.13. The van der Waals surface area contributed by atoms with Gasteiger partial charge >= 0.3 is 0 Å². The maximum absolute atomic E-state index is 13.9. The van der Waals surface area contributed by atoms with E-state index in [-0.39, 0.29) is 22.2 Å². The Morgan fingerprint density at radius 3 is 2.83 bits per heavy atom. The number of thiazole rings is 1. The van der Waals surface area contributed by atoms with E-state index >= 15 is 0 Å². The number of rotatable bonds is 3. The Labute approximate surface area is 143 Å². The fraction of sp³-hybridized carbons (Fsp3) is 0.0714. The summed E-state index contributed by atoms with van der Waals surface area (Å²) in [4.78, 5) is 30.4. The second-order valence-electron chi connectivity index (χ2n) is 4.50. The smallest absolute Gasteiger partial charge is 0.263 e. The van der Waals surface area contributed by atoms with Crippen LogP contribution in [0.25, 0.3) is 10.9 Å². The van der Waals surface area contributed by atoms with Gasteiger partial charge in [0.2, 0.25) is 5.43 Å². The lowest BCUT2D eigenvalue weighted by atomic mass is 10.1. The number of aromatic nitrogens is 2. The highest BCUT2D eigenvalue weighted by atomic mass is 35.5. The number of alkyl halides is 2. The third-order valence-corrected chi connectivity index (χ3v) is 4.24. The minimum Gasteiger partial charge on any atom is -0.353 e. The number of nitrogens with zero attached hydrogens (tertiary/aromatic N) is 1. The van der Waals surface area contributed by atoms with E-state index in [2.05, 4.69) is 15.3 Å². The van der Waals surface area contributed by atoms with Crippen molar-refractivity contribution in [3.8, 4) is 0 Å². The fourth-order valence-electron chi connectivity index (χ4n) is 2.13. The third kappa shape index (κ3) is 2.95. The zero-order valence-electron chi connectivity index (χ0n) is 11.3. The van der Waals surface area contributed by atoms with Gasteiger partial charge in [-0.15, -0.1) is 11.3 Å². The summed E-state index contributed by atoms with van der Waals surface area (Å²) in [5.41, 5.74) is -1.04. The number of H-pyrrole nitrogens is 1. The topological polar surface area (TPSA) is 74.8 Å². The second-order valence-corrected chi connectivity index (χ2v) is 6.49. The lowest BCUT2D eigenvalue weighted by Crippen LogP contribution is -2.25. The molecular weight excluding hydrogens is 364 g/mol. The minimum absolute atomic E-state index is 0.0343. The molecule has 2 aromatic heterocycles. The Bertz CT molecular complexity index is 941. The summed E-state index contributed by atoms with van der Waals surface area (Å²) in [5.74, 6) is -1.35. The number of nitrogens with one attached hydrogen (secondary N) is 2. The number of carbonyl (C=O) groups excluding carboxylic acids is 1. The number of aromatic amines is 1. The Hall–Kier alpha value is -1.96. The summed E-state index contributed by atoms with van der Waals surface area (Å²) in [6.07, 6.45) is 1.51. The van der Waals surface area contributed by atoms with E-state index in [9.17, 15) is 14.0 Å². The van der Waals surface area contributed by atoms with Crippen LogP contribution in [0.3, 0.4) is 0 Å². The summed E-state index contributed by atoms with van der Waals surface area (Å²) >= 11 is 12.9. The number of halogens is 3. The van der Waals surface area contributed by atoms with Gasteiger partial charge in [0.25, 0.3) is 5.91 Å². The maximum Gasteiger partial charge on any atom is 0.263 e. The van der Waals surface area contributed by atoms with Gasteiger partial charge in [-0.3, -0.25) is 14.9 Å². The molecule has 3 aromatic rings. The van der Waals surface area contributed by atoms with Crippen LogP contribution in [-0.2, 0) is 0 Å². The van der Waals surface area contributed by atoms with Crippen LogP contribution in [0.4, 0.5) is 9.52 Å². The van der Waals surface area contributed by atoms with Gasteiger partial charge in [-0.05, 0) is 12.1 Å². The summed E-state index contributed by atoms with van der Waals surface area (Å²) in [5, 5.41) is 4.51. The first-order valence-electron chi connectivity index (χ1n) is 6.32. The number of pyridine rings is 1. The van der Waals surface area contributed by atoms with Gasteiger partial charge in [0.15, 0.2) is 5.13 Å². The number of fused-ring (bicyclic) bond motifs is 1. The molecule has 5 nitrogen and oxygen atoms in total. The highest BCUT2D eigenvalue weighted by Crippen LogP contribution is 2.27. The van der Waals surface area contributed by atoms with Gasteiger partial charge in [0.1, 0.15) is 16.2 Å². The molecule has 1 amide bonds. The van der Waals surface area contributed by atoms with Crippen LogP contribution in [0, 0.1) is 5.82 Å². The van der Waals surface area contributed by atoms with Crippen molar-refractivity contribution in [2.45, 2.75) is 4.84 Å². The zero-order chi connectivity index (χ0) is 16.6. The first kappa shape index (κ1) is 15.9. The molecule has 0 fully saturated rings. The predicted molar refractivity (Wildman–Crippen MR) is 89.0 cm³/mol. The summed E-state index contributed by atoms with van der Waals surface area (Å²) in [6.45, 7) is 0. The summed E-state index contributed by atoms with van der Waals surface area (Å²) in [7, 11) is 0. The van der Waals surface area contributed by atoms with Crippen LogP contribution in [0.1, 0.15) is 20.9 Å². The Kier molecular flexibility index (Phi) is 4.34. The van der Waals surface area contributed by atoms with E-state index in [1.54, 1.807) is 5.38 Å². The van der Waals surface area contributed by atoms with E-state index in [0.29, 0.717) is 5.13 Å². The zero-order valence-corrected chi connectivity index (χ0v) is 13.6. The van der Waals surface area contributed by atoms with E-state index in [1.165, 1.54) is 35.7 Å². The van der Waals surface area contributed by atoms with Gasteiger partial charge in [0, 0.05) is 17.0 Å². The van der Waals surface area contributed by atoms with Gasteiger partial charge in [-0.2, -0.15) is 0 Å². The minimum atomic E-state index is -1.20. The highest BCUT2D eigenvalue weighted by Gasteiger charge is 2.24. The van der Waals surface area contributed by atoms with Crippen LogP contribution in [0.2, 0.25) is 0 Å². The number of carbonyl (C=O) groups is 1. The lowest BCUT2D eigenvalue weighted by molar-refractivity contribution is 0.102. The van der Waals surface area contributed by atoms with Crippen LogP contribution in [-0.4, -0.2) is 15.9 Å². The maximum atomic E-state index is 13.9. The molecule has 0 aliphatic rings. The van der Waals surface area contributed by atoms with Crippen LogP contribution >= 0.6 is 34.5 Å². The first-order chi connectivity index (χ1) is 11.0. The molecule has 0 bridgehead atoms. The van der Waals surface area contributed by atoms with Crippen LogP contribution in [0.5, 0.6) is 0 Å². The number of benzene rings is 1. The molecule has 0 aliphatic heterocycles. The Morgan fingerprint density at radius 1 is 1.39 bits per heavy atom. The molecular formula is C14H8Cl2FN3O2S. The first-order valence-corrected chi connectivity index (χ1v) is 8.07. The normalized spacial score (nSPS) is 11.1. The molecule has 3 rings (SSSR count). The molecule has 2 heterocycles. The number of amides is 1. The standard InChI is InChI=1S/C14H8Cl2FN3O2S/c15-12(16)10-8(13(22)20-14-18-4-5-23-14)11(21)6-2-1-3-7(17)9(6)19-10/h1-5,12H,(H,19,21)(H,18,20,22). The average molecular weight is 372 g/mol. The van der Waals surface area contributed by atoms with Gasteiger partial charge in [-0.1, -0.05) is 29.3 Å². The average Bonchev–Trinajstić information content (AvgIpc) is 3.00. The molecule has 118 valence electrons.